The summed E-state index contributed by atoms with van der Waals surface area (Å²) in [5.74, 6) is 0.607. The summed E-state index contributed by atoms with van der Waals surface area (Å²) in [6, 6.07) is 5.16. The number of rotatable bonds is 2. The Morgan fingerprint density at radius 3 is 3.06 bits per heavy atom. The van der Waals surface area contributed by atoms with Gasteiger partial charge in [0.15, 0.2) is 0 Å². The number of methoxy groups -OCH3 is 1. The molecule has 1 aliphatic heterocycles. The van der Waals surface area contributed by atoms with Crippen molar-refractivity contribution >= 4 is 33.9 Å². The summed E-state index contributed by atoms with van der Waals surface area (Å²) in [6.07, 6.45) is 5.04. The van der Waals surface area contributed by atoms with Gasteiger partial charge < -0.3 is 10.1 Å². The summed E-state index contributed by atoms with van der Waals surface area (Å²) >= 11 is 3.35. The third-order valence-corrected chi connectivity index (χ3v) is 2.85. The Labute approximate surface area is 113 Å². The van der Waals surface area contributed by atoms with Crippen molar-refractivity contribution in [3.8, 4) is 5.75 Å². The van der Waals surface area contributed by atoms with Crippen LogP contribution in [-0.2, 0) is 0 Å². The van der Waals surface area contributed by atoms with Crippen LogP contribution in [0.25, 0.3) is 0 Å². The summed E-state index contributed by atoms with van der Waals surface area (Å²) in [6.45, 7) is 0.318. The van der Waals surface area contributed by atoms with E-state index in [1.807, 2.05) is 6.07 Å². The van der Waals surface area contributed by atoms with Crippen LogP contribution >= 0.6 is 15.9 Å². The topological polar surface area (TPSA) is 53.9 Å². The van der Waals surface area contributed by atoms with Crippen LogP contribution < -0.4 is 10.1 Å². The highest BCUT2D eigenvalue weighted by Crippen LogP contribution is 2.28. The number of nitrogens with one attached hydrogen (secondary N) is 1. The monoisotopic (exact) mass is 309 g/mol. The predicted molar refractivity (Wildman–Crippen MR) is 74.1 cm³/mol. The zero-order valence-electron chi connectivity index (χ0n) is 9.76. The molecule has 1 aromatic carbocycles. The molecule has 0 unspecified atom stereocenters. The van der Waals surface area contributed by atoms with Crippen molar-refractivity contribution in [2.24, 2.45) is 4.99 Å². The fourth-order valence-electron chi connectivity index (χ4n) is 1.48. The Morgan fingerprint density at radius 2 is 2.39 bits per heavy atom. The lowest BCUT2D eigenvalue weighted by Crippen LogP contribution is -2.31. The van der Waals surface area contributed by atoms with Crippen LogP contribution in [0.4, 0.5) is 10.5 Å². The first-order valence-corrected chi connectivity index (χ1v) is 6.08. The van der Waals surface area contributed by atoms with Crippen LogP contribution in [-0.4, -0.2) is 30.9 Å². The van der Waals surface area contributed by atoms with Gasteiger partial charge in [0.25, 0.3) is 0 Å². The number of carbonyl (C=O) groups excluding carboxylic acids is 1. The fourth-order valence-corrected chi connectivity index (χ4v) is 1.84. The maximum absolute atomic E-state index is 12.0. The van der Waals surface area contributed by atoms with Gasteiger partial charge >= 0.3 is 6.03 Å². The smallest absolute Gasteiger partial charge is 0.327 e. The molecule has 1 aliphatic rings. The minimum atomic E-state index is -0.250. The van der Waals surface area contributed by atoms with Gasteiger partial charge in [-0.05, 0) is 24.3 Å². The number of ether oxygens (including phenoxy) is 1. The molecule has 1 N–H and O–H groups in total. The Balaban J connectivity index is 2.13. The van der Waals surface area contributed by atoms with Crippen LogP contribution in [0.1, 0.15) is 0 Å². The lowest BCUT2D eigenvalue weighted by Gasteiger charge is -2.19. The number of hydrogen-bond acceptors (Lipinski definition) is 3. The van der Waals surface area contributed by atoms with Gasteiger partial charge in [-0.25, -0.2) is 4.79 Å². The zero-order chi connectivity index (χ0) is 13.0. The molecule has 0 aromatic heterocycles. The van der Waals surface area contributed by atoms with E-state index in [9.17, 15) is 4.79 Å². The Hall–Kier alpha value is -1.82. The van der Waals surface area contributed by atoms with E-state index in [2.05, 4.69) is 26.2 Å². The maximum Gasteiger partial charge on any atom is 0.327 e. The maximum atomic E-state index is 12.0. The van der Waals surface area contributed by atoms with Gasteiger partial charge in [0.2, 0.25) is 0 Å². The van der Waals surface area contributed by atoms with Crippen molar-refractivity contribution in [3.05, 3.63) is 34.9 Å². The molecule has 6 heteroatoms. The third-order valence-electron chi connectivity index (χ3n) is 2.36. The number of allylic oxidation sites excluding steroid dienone is 1. The number of anilines is 1. The molecule has 0 aliphatic carbocycles. The Bertz CT molecular complexity index is 514. The lowest BCUT2D eigenvalue weighted by molar-refractivity contribution is 0.229. The quantitative estimate of drug-likeness (QED) is 0.913. The average Bonchev–Trinajstić information content (AvgIpc) is 2.40. The summed E-state index contributed by atoms with van der Waals surface area (Å²) in [5, 5.41) is 2.78. The molecule has 1 heterocycles. The minimum absolute atomic E-state index is 0.250. The van der Waals surface area contributed by atoms with Crippen molar-refractivity contribution < 1.29 is 9.53 Å². The molecule has 94 valence electrons. The molecule has 0 atom stereocenters. The second-order valence-corrected chi connectivity index (χ2v) is 4.47. The van der Waals surface area contributed by atoms with Gasteiger partial charge in [0.05, 0.1) is 12.8 Å². The SMILES string of the molecule is COc1ccc(Br)cc1NC(=O)N1C=CC=NC1. The lowest BCUT2D eigenvalue weighted by atomic mass is 10.3. The first-order chi connectivity index (χ1) is 8.70. The molecular formula is C12H12BrN3O2. The predicted octanol–water partition coefficient (Wildman–Crippen LogP) is 2.85. The van der Waals surface area contributed by atoms with E-state index < -0.39 is 0 Å². The van der Waals surface area contributed by atoms with E-state index in [1.165, 1.54) is 4.90 Å². The molecule has 1 aromatic rings. The van der Waals surface area contributed by atoms with E-state index >= 15 is 0 Å². The van der Waals surface area contributed by atoms with Gasteiger partial charge in [0.1, 0.15) is 12.4 Å². The first-order valence-electron chi connectivity index (χ1n) is 5.28. The van der Waals surface area contributed by atoms with Crippen LogP contribution in [0, 0.1) is 0 Å². The number of benzene rings is 1. The van der Waals surface area contributed by atoms with Crippen LogP contribution in [0.3, 0.4) is 0 Å². The van der Waals surface area contributed by atoms with Crippen molar-refractivity contribution in [3.63, 3.8) is 0 Å². The number of halogens is 1. The average molecular weight is 310 g/mol. The number of aliphatic imine (C=N–C) groups is 1. The number of carbonyl (C=O) groups is 1. The van der Waals surface area contributed by atoms with Gasteiger partial charge in [-0.15, -0.1) is 0 Å². The summed E-state index contributed by atoms with van der Waals surface area (Å²) in [5.41, 5.74) is 0.611. The molecule has 18 heavy (non-hydrogen) atoms. The van der Waals surface area contributed by atoms with Gasteiger partial charge in [-0.3, -0.25) is 9.89 Å². The summed E-state index contributed by atoms with van der Waals surface area (Å²) in [4.78, 5) is 17.4. The number of amides is 2. The molecule has 2 rings (SSSR count). The van der Waals surface area contributed by atoms with E-state index in [-0.39, 0.29) is 6.03 Å². The second-order valence-electron chi connectivity index (χ2n) is 3.56. The molecule has 0 fully saturated rings. The Kier molecular flexibility index (Phi) is 3.99. The van der Waals surface area contributed by atoms with E-state index in [1.54, 1.807) is 37.7 Å². The van der Waals surface area contributed by atoms with Gasteiger partial charge in [-0.1, -0.05) is 15.9 Å². The van der Waals surface area contributed by atoms with Crippen molar-refractivity contribution in [1.82, 2.24) is 4.90 Å². The van der Waals surface area contributed by atoms with Crippen molar-refractivity contribution in [2.45, 2.75) is 0 Å². The van der Waals surface area contributed by atoms with E-state index in [0.29, 0.717) is 18.1 Å². The molecule has 0 radical (unpaired) electrons. The molecule has 0 bridgehead atoms. The molecule has 5 nitrogen and oxygen atoms in total. The van der Waals surface area contributed by atoms with Crippen LogP contribution in [0.15, 0.2) is 39.9 Å². The number of nitrogens with zero attached hydrogens (tertiary/aromatic N) is 2. The second kappa shape index (κ2) is 5.68. The largest absolute Gasteiger partial charge is 0.495 e. The van der Waals surface area contributed by atoms with Crippen molar-refractivity contribution in [1.29, 1.82) is 0 Å². The highest BCUT2D eigenvalue weighted by Gasteiger charge is 2.13. The normalized spacial score (nSPS) is 13.6. The highest BCUT2D eigenvalue weighted by atomic mass is 79.9. The van der Waals surface area contributed by atoms with E-state index in [4.69, 9.17) is 4.74 Å². The van der Waals surface area contributed by atoms with E-state index in [0.717, 1.165) is 4.47 Å². The number of urea groups is 1. The molecule has 0 saturated heterocycles. The zero-order valence-corrected chi connectivity index (χ0v) is 11.3. The van der Waals surface area contributed by atoms with Crippen LogP contribution in [0.2, 0.25) is 0 Å². The molecular weight excluding hydrogens is 298 g/mol. The minimum Gasteiger partial charge on any atom is -0.495 e. The fraction of sp³-hybridized carbons (Fsp3) is 0.167. The molecule has 0 spiro atoms. The summed E-state index contributed by atoms with van der Waals surface area (Å²) in [7, 11) is 1.56. The van der Waals surface area contributed by atoms with Crippen LogP contribution in [0.5, 0.6) is 5.75 Å². The van der Waals surface area contributed by atoms with Gasteiger partial charge in [-0.2, -0.15) is 0 Å². The Morgan fingerprint density at radius 1 is 1.56 bits per heavy atom. The standard InChI is InChI=1S/C12H12BrN3O2/c1-18-11-4-3-9(13)7-10(11)15-12(17)16-6-2-5-14-8-16/h2-7H,8H2,1H3,(H,15,17). The highest BCUT2D eigenvalue weighted by molar-refractivity contribution is 9.10. The first kappa shape index (κ1) is 12.6. The van der Waals surface area contributed by atoms with Crippen molar-refractivity contribution in [2.75, 3.05) is 19.1 Å². The summed E-state index contributed by atoms with van der Waals surface area (Å²) < 4.78 is 6.05. The third kappa shape index (κ3) is 2.89. The molecule has 0 saturated carbocycles. The molecule has 2 amide bonds. The van der Waals surface area contributed by atoms with Gasteiger partial charge in [0, 0.05) is 16.9 Å². The number of hydrogen-bond donors (Lipinski definition) is 1.